The van der Waals surface area contributed by atoms with Crippen molar-refractivity contribution < 1.29 is 23.9 Å². The van der Waals surface area contributed by atoms with E-state index in [-0.39, 0.29) is 12.3 Å². The molecule has 26 heavy (non-hydrogen) atoms. The van der Waals surface area contributed by atoms with Gasteiger partial charge in [-0.2, -0.15) is 0 Å². The third-order valence-corrected chi connectivity index (χ3v) is 5.24. The fourth-order valence-corrected chi connectivity index (χ4v) is 3.50. The molecule has 1 aromatic carbocycles. The van der Waals surface area contributed by atoms with Gasteiger partial charge in [0.05, 0.1) is 25.6 Å². The molecule has 2 aromatic rings. The topological polar surface area (TPSA) is 84.9 Å². The number of thiophene rings is 1. The average Bonchev–Trinajstić information content (AvgIpc) is 3.25. The molecule has 3 rings (SSSR count). The van der Waals surface area contributed by atoms with Gasteiger partial charge in [0.25, 0.3) is 5.91 Å². The number of imide groups is 1. The van der Waals surface area contributed by atoms with Crippen molar-refractivity contribution in [3.63, 3.8) is 0 Å². The first kappa shape index (κ1) is 17.9. The van der Waals surface area contributed by atoms with Crippen molar-refractivity contribution in [1.29, 1.82) is 0 Å². The van der Waals surface area contributed by atoms with E-state index in [9.17, 15) is 14.4 Å². The Labute approximate surface area is 154 Å². The van der Waals surface area contributed by atoms with E-state index in [1.165, 1.54) is 25.6 Å². The van der Waals surface area contributed by atoms with Crippen molar-refractivity contribution in [2.45, 2.75) is 12.5 Å². The summed E-state index contributed by atoms with van der Waals surface area (Å²) in [4.78, 5) is 39.0. The van der Waals surface area contributed by atoms with Gasteiger partial charge < -0.3 is 14.8 Å². The lowest BCUT2D eigenvalue weighted by atomic mass is 9.91. The van der Waals surface area contributed by atoms with Crippen LogP contribution in [0.2, 0.25) is 0 Å². The Bertz CT molecular complexity index is 864. The second-order valence-corrected chi connectivity index (χ2v) is 6.86. The molecule has 0 bridgehead atoms. The van der Waals surface area contributed by atoms with Crippen LogP contribution in [0, 0.1) is 0 Å². The predicted octanol–water partition coefficient (Wildman–Crippen LogP) is 2.42. The van der Waals surface area contributed by atoms with Crippen LogP contribution in [0.25, 0.3) is 0 Å². The lowest BCUT2D eigenvalue weighted by molar-refractivity contribution is -0.130. The number of urea groups is 1. The zero-order valence-corrected chi connectivity index (χ0v) is 15.4. The van der Waals surface area contributed by atoms with Gasteiger partial charge in [0.1, 0.15) is 5.54 Å². The van der Waals surface area contributed by atoms with Gasteiger partial charge in [-0.1, -0.05) is 12.1 Å². The van der Waals surface area contributed by atoms with Gasteiger partial charge in [-0.15, -0.1) is 11.3 Å². The number of ketones is 1. The highest BCUT2D eigenvalue weighted by atomic mass is 32.1. The van der Waals surface area contributed by atoms with E-state index in [1.54, 1.807) is 42.6 Å². The highest BCUT2D eigenvalue weighted by molar-refractivity contribution is 7.12. The summed E-state index contributed by atoms with van der Waals surface area (Å²) in [7, 11) is 3.00. The molecule has 1 atom stereocenters. The normalized spacial score (nSPS) is 19.4. The molecule has 1 saturated heterocycles. The lowest BCUT2D eigenvalue weighted by Gasteiger charge is -2.23. The fourth-order valence-electron chi connectivity index (χ4n) is 2.84. The molecule has 0 saturated carbocycles. The molecule has 7 nitrogen and oxygen atoms in total. The van der Waals surface area contributed by atoms with Crippen molar-refractivity contribution in [1.82, 2.24) is 10.2 Å². The van der Waals surface area contributed by atoms with Gasteiger partial charge in [0.15, 0.2) is 17.3 Å². The van der Waals surface area contributed by atoms with E-state index in [2.05, 4.69) is 5.32 Å². The summed E-state index contributed by atoms with van der Waals surface area (Å²) in [6, 6.07) is 7.80. The monoisotopic (exact) mass is 374 g/mol. The zero-order chi connectivity index (χ0) is 18.9. The van der Waals surface area contributed by atoms with Gasteiger partial charge in [-0.05, 0) is 36.1 Å². The molecule has 1 aromatic heterocycles. The molecular weight excluding hydrogens is 356 g/mol. The Morgan fingerprint density at radius 3 is 2.54 bits per heavy atom. The molecule has 1 aliphatic rings. The van der Waals surface area contributed by atoms with Crippen LogP contribution in [0.1, 0.15) is 22.2 Å². The number of Topliss-reactive ketones (excluding diaryl/α,β-unsaturated/α-hetero) is 1. The van der Waals surface area contributed by atoms with Crippen LogP contribution in [-0.2, 0) is 10.3 Å². The smallest absolute Gasteiger partial charge is 0.325 e. The SMILES string of the molecule is COc1ccc(C2(C)NC(=O)N(CC(=O)c3cccs3)C2=O)cc1OC. The second kappa shape index (κ2) is 6.80. The second-order valence-electron chi connectivity index (χ2n) is 5.92. The van der Waals surface area contributed by atoms with E-state index in [0.717, 1.165) is 4.90 Å². The predicted molar refractivity (Wildman–Crippen MR) is 95.8 cm³/mol. The number of nitrogens with zero attached hydrogens (tertiary/aromatic N) is 1. The van der Waals surface area contributed by atoms with Crippen molar-refractivity contribution in [2.75, 3.05) is 20.8 Å². The van der Waals surface area contributed by atoms with E-state index in [0.29, 0.717) is 21.9 Å². The Morgan fingerprint density at radius 1 is 1.19 bits per heavy atom. The van der Waals surface area contributed by atoms with E-state index < -0.39 is 17.5 Å². The maximum Gasteiger partial charge on any atom is 0.325 e. The number of hydrogen-bond donors (Lipinski definition) is 1. The molecule has 1 aliphatic heterocycles. The summed E-state index contributed by atoms with van der Waals surface area (Å²) in [5, 5.41) is 4.45. The van der Waals surface area contributed by atoms with Crippen LogP contribution >= 0.6 is 11.3 Å². The molecule has 0 radical (unpaired) electrons. The lowest BCUT2D eigenvalue weighted by Crippen LogP contribution is -2.41. The Morgan fingerprint density at radius 2 is 1.92 bits per heavy atom. The van der Waals surface area contributed by atoms with Gasteiger partial charge in [0, 0.05) is 0 Å². The van der Waals surface area contributed by atoms with E-state index in [4.69, 9.17) is 9.47 Å². The third kappa shape index (κ3) is 2.92. The molecule has 0 spiro atoms. The van der Waals surface area contributed by atoms with Crippen LogP contribution in [-0.4, -0.2) is 43.4 Å². The number of methoxy groups -OCH3 is 2. The number of amides is 3. The standard InChI is InChI=1S/C18H18N2O5S/c1-18(11-6-7-13(24-2)14(9-11)25-3)16(22)20(17(23)19-18)10-12(21)15-5-4-8-26-15/h4-9H,10H2,1-3H3,(H,19,23). The molecule has 1 unspecified atom stereocenters. The van der Waals surface area contributed by atoms with Gasteiger partial charge in [-0.25, -0.2) is 4.79 Å². The Hall–Kier alpha value is -2.87. The van der Waals surface area contributed by atoms with Crippen molar-refractivity contribution in [3.05, 3.63) is 46.2 Å². The van der Waals surface area contributed by atoms with Crippen LogP contribution in [0.3, 0.4) is 0 Å². The first-order valence-electron chi connectivity index (χ1n) is 7.84. The van der Waals surface area contributed by atoms with Crippen LogP contribution in [0.4, 0.5) is 4.79 Å². The molecule has 1 N–H and O–H groups in total. The number of carbonyl (C=O) groups excluding carboxylic acids is 3. The molecule has 0 aliphatic carbocycles. The summed E-state index contributed by atoms with van der Waals surface area (Å²) < 4.78 is 10.5. The summed E-state index contributed by atoms with van der Waals surface area (Å²) in [6.07, 6.45) is 0. The van der Waals surface area contributed by atoms with Crippen molar-refractivity contribution in [2.24, 2.45) is 0 Å². The number of hydrogen-bond acceptors (Lipinski definition) is 6. The minimum atomic E-state index is -1.29. The van der Waals surface area contributed by atoms with Crippen LogP contribution < -0.4 is 14.8 Å². The summed E-state index contributed by atoms with van der Waals surface area (Å²) in [5.74, 6) is 0.197. The van der Waals surface area contributed by atoms with Crippen LogP contribution in [0.5, 0.6) is 11.5 Å². The Kier molecular flexibility index (Phi) is 4.69. The van der Waals surface area contributed by atoms with Gasteiger partial charge in [-0.3, -0.25) is 14.5 Å². The minimum Gasteiger partial charge on any atom is -0.493 e. The first-order valence-corrected chi connectivity index (χ1v) is 8.72. The number of carbonyl (C=O) groups is 3. The maximum atomic E-state index is 12.9. The van der Waals surface area contributed by atoms with E-state index >= 15 is 0 Å². The number of benzene rings is 1. The number of rotatable bonds is 6. The molecule has 8 heteroatoms. The zero-order valence-electron chi connectivity index (χ0n) is 14.6. The highest BCUT2D eigenvalue weighted by Crippen LogP contribution is 2.35. The third-order valence-electron chi connectivity index (χ3n) is 4.33. The fraction of sp³-hybridized carbons (Fsp3) is 0.278. The average molecular weight is 374 g/mol. The summed E-state index contributed by atoms with van der Waals surface area (Å²) in [6.45, 7) is 1.30. The quantitative estimate of drug-likeness (QED) is 0.620. The van der Waals surface area contributed by atoms with Crippen LogP contribution in [0.15, 0.2) is 35.7 Å². The van der Waals surface area contributed by atoms with Gasteiger partial charge >= 0.3 is 6.03 Å². The molecule has 1 fully saturated rings. The number of nitrogens with one attached hydrogen (secondary N) is 1. The summed E-state index contributed by atoms with van der Waals surface area (Å²) >= 11 is 1.27. The van der Waals surface area contributed by atoms with Gasteiger partial charge in [0.2, 0.25) is 0 Å². The largest absolute Gasteiger partial charge is 0.493 e. The Balaban J connectivity index is 1.88. The molecule has 3 amide bonds. The van der Waals surface area contributed by atoms with E-state index in [1.807, 2.05) is 0 Å². The maximum absolute atomic E-state index is 12.9. The highest BCUT2D eigenvalue weighted by Gasteiger charge is 2.49. The molecule has 136 valence electrons. The van der Waals surface area contributed by atoms with Crippen molar-refractivity contribution >= 4 is 29.1 Å². The summed E-state index contributed by atoms with van der Waals surface area (Å²) in [5.41, 5.74) is -0.744. The van der Waals surface area contributed by atoms with Crippen molar-refractivity contribution in [3.8, 4) is 11.5 Å². The number of ether oxygens (including phenoxy) is 2. The molecule has 2 heterocycles. The molecular formula is C18H18N2O5S. The first-order chi connectivity index (χ1) is 12.4. The minimum absolute atomic E-state index is 0.278.